The third kappa shape index (κ3) is 2.42. The van der Waals surface area contributed by atoms with Crippen LogP contribution in [0.4, 0.5) is 16.0 Å². The molecule has 4 rings (SSSR count). The molecule has 0 spiro atoms. The van der Waals surface area contributed by atoms with E-state index in [9.17, 15) is 4.39 Å². The quantitative estimate of drug-likeness (QED) is 0.774. The number of hydrogen-bond acceptors (Lipinski definition) is 5. The van der Waals surface area contributed by atoms with E-state index < -0.39 is 0 Å². The number of aromatic nitrogens is 3. The summed E-state index contributed by atoms with van der Waals surface area (Å²) in [6.07, 6.45) is 3.59. The summed E-state index contributed by atoms with van der Waals surface area (Å²) in [6, 6.07) is 10.1. The zero-order valence-electron chi connectivity index (χ0n) is 11.5. The fourth-order valence-electron chi connectivity index (χ4n) is 2.33. The predicted molar refractivity (Wildman–Crippen MR) is 84.5 cm³/mol. The van der Waals surface area contributed by atoms with Gasteiger partial charge in [-0.05, 0) is 30.3 Å². The zero-order valence-corrected chi connectivity index (χ0v) is 12.3. The fraction of sp³-hybridized carbons (Fsp3) is 0.0625. The number of nitrogens with zero attached hydrogens (tertiary/aromatic N) is 3. The summed E-state index contributed by atoms with van der Waals surface area (Å²) >= 11 is 1.68. The van der Waals surface area contributed by atoms with E-state index in [2.05, 4.69) is 20.3 Å². The molecule has 0 amide bonds. The highest BCUT2D eigenvalue weighted by molar-refractivity contribution is 7.98. The Kier molecular flexibility index (Phi) is 3.23. The van der Waals surface area contributed by atoms with Gasteiger partial charge in [0.1, 0.15) is 10.8 Å². The second-order valence-electron chi connectivity index (χ2n) is 4.85. The summed E-state index contributed by atoms with van der Waals surface area (Å²) in [6.45, 7) is 0. The Balaban J connectivity index is 1.73. The minimum Gasteiger partial charge on any atom is -0.324 e. The lowest BCUT2D eigenvalue weighted by Crippen LogP contribution is -2.05. The largest absolute Gasteiger partial charge is 0.324 e. The van der Waals surface area contributed by atoms with E-state index in [-0.39, 0.29) is 5.82 Å². The smallest absolute Gasteiger partial charge is 0.227 e. The van der Waals surface area contributed by atoms with Crippen molar-refractivity contribution >= 4 is 23.4 Å². The zero-order chi connectivity index (χ0) is 14.9. The normalized spacial score (nSPS) is 12.4. The van der Waals surface area contributed by atoms with Crippen LogP contribution < -0.4 is 5.32 Å². The van der Waals surface area contributed by atoms with Crippen LogP contribution in [0.3, 0.4) is 0 Å². The molecule has 1 aliphatic rings. The van der Waals surface area contributed by atoms with E-state index >= 15 is 0 Å². The number of hydrogen-bond donors (Lipinski definition) is 1. The Morgan fingerprint density at radius 3 is 3.00 bits per heavy atom. The first-order valence-electron chi connectivity index (χ1n) is 6.76. The summed E-state index contributed by atoms with van der Waals surface area (Å²) in [7, 11) is 0. The molecular weight excluding hydrogens is 299 g/mol. The van der Waals surface area contributed by atoms with Gasteiger partial charge in [-0.25, -0.2) is 19.3 Å². The number of fused-ring (bicyclic) bond motifs is 3. The molecule has 0 bridgehead atoms. The number of rotatable bonds is 2. The predicted octanol–water partition coefficient (Wildman–Crippen LogP) is 4.03. The van der Waals surface area contributed by atoms with E-state index in [0.717, 1.165) is 27.6 Å². The van der Waals surface area contributed by atoms with Crippen LogP contribution in [-0.4, -0.2) is 15.0 Å². The van der Waals surface area contributed by atoms with Gasteiger partial charge < -0.3 is 5.32 Å². The molecule has 0 radical (unpaired) electrons. The highest BCUT2D eigenvalue weighted by atomic mass is 32.2. The van der Waals surface area contributed by atoms with Gasteiger partial charge in [0, 0.05) is 35.0 Å². The Morgan fingerprint density at radius 2 is 2.09 bits per heavy atom. The number of nitrogens with one attached hydrogen (secondary N) is 1. The molecule has 0 atom stereocenters. The highest BCUT2D eigenvalue weighted by Crippen LogP contribution is 2.38. The van der Waals surface area contributed by atoms with Crippen molar-refractivity contribution in [1.29, 1.82) is 0 Å². The molecule has 3 aromatic rings. The first kappa shape index (κ1) is 13.2. The number of anilines is 2. The second kappa shape index (κ2) is 5.38. The van der Waals surface area contributed by atoms with Crippen molar-refractivity contribution in [2.45, 2.75) is 10.8 Å². The van der Waals surface area contributed by atoms with Crippen molar-refractivity contribution in [3.05, 3.63) is 60.2 Å². The van der Waals surface area contributed by atoms with E-state index in [1.165, 1.54) is 12.1 Å². The Hall–Kier alpha value is -2.47. The van der Waals surface area contributed by atoms with Gasteiger partial charge in [-0.15, -0.1) is 11.8 Å². The molecule has 1 aromatic carbocycles. The van der Waals surface area contributed by atoms with Crippen LogP contribution in [0.15, 0.2) is 53.8 Å². The van der Waals surface area contributed by atoms with Crippen molar-refractivity contribution < 1.29 is 4.39 Å². The average Bonchev–Trinajstić information content (AvgIpc) is 2.55. The van der Waals surface area contributed by atoms with Crippen LogP contribution in [0.5, 0.6) is 0 Å². The Bertz CT molecular complexity index is 853. The lowest BCUT2D eigenvalue weighted by Gasteiger charge is -2.17. The lowest BCUT2D eigenvalue weighted by molar-refractivity contribution is 0.628. The SMILES string of the molecule is Fc1cccc(Nc2ncc3c(n2)-c2cccnc2SC3)c1. The second-order valence-corrected chi connectivity index (χ2v) is 5.81. The molecule has 0 saturated heterocycles. The summed E-state index contributed by atoms with van der Waals surface area (Å²) in [5, 5.41) is 4.01. The molecule has 1 aliphatic heterocycles. The molecule has 0 unspecified atom stereocenters. The van der Waals surface area contributed by atoms with Crippen LogP contribution in [0.25, 0.3) is 11.3 Å². The first-order valence-corrected chi connectivity index (χ1v) is 7.75. The van der Waals surface area contributed by atoms with E-state index in [4.69, 9.17) is 0 Å². The van der Waals surface area contributed by atoms with Gasteiger partial charge in [-0.3, -0.25) is 0 Å². The highest BCUT2D eigenvalue weighted by Gasteiger charge is 2.19. The van der Waals surface area contributed by atoms with Crippen molar-refractivity contribution in [3.8, 4) is 11.3 Å². The van der Waals surface area contributed by atoms with Gasteiger partial charge >= 0.3 is 0 Å². The van der Waals surface area contributed by atoms with Crippen molar-refractivity contribution in [2.75, 3.05) is 5.32 Å². The maximum absolute atomic E-state index is 13.2. The van der Waals surface area contributed by atoms with Gasteiger partial charge in [0.05, 0.1) is 5.69 Å². The molecule has 0 saturated carbocycles. The number of halogens is 1. The van der Waals surface area contributed by atoms with E-state index in [1.54, 1.807) is 30.1 Å². The van der Waals surface area contributed by atoms with E-state index in [1.807, 2.05) is 18.3 Å². The van der Waals surface area contributed by atoms with Crippen LogP contribution in [-0.2, 0) is 5.75 Å². The minimum absolute atomic E-state index is 0.297. The first-order chi connectivity index (χ1) is 10.8. The summed E-state index contributed by atoms with van der Waals surface area (Å²) in [4.78, 5) is 13.3. The van der Waals surface area contributed by atoms with Crippen LogP contribution in [0, 0.1) is 5.82 Å². The monoisotopic (exact) mass is 310 g/mol. The summed E-state index contributed by atoms with van der Waals surface area (Å²) < 4.78 is 13.2. The number of thioether (sulfide) groups is 1. The number of benzene rings is 1. The van der Waals surface area contributed by atoms with Crippen LogP contribution in [0.2, 0.25) is 0 Å². The molecule has 22 heavy (non-hydrogen) atoms. The molecule has 108 valence electrons. The minimum atomic E-state index is -0.297. The topological polar surface area (TPSA) is 50.7 Å². The average molecular weight is 310 g/mol. The molecular formula is C16H11FN4S. The van der Waals surface area contributed by atoms with Gasteiger partial charge in [0.15, 0.2) is 0 Å². The molecule has 0 fully saturated rings. The summed E-state index contributed by atoms with van der Waals surface area (Å²) in [5.41, 5.74) is 3.60. The third-order valence-electron chi connectivity index (χ3n) is 3.34. The van der Waals surface area contributed by atoms with Gasteiger partial charge in [0.25, 0.3) is 0 Å². The van der Waals surface area contributed by atoms with Gasteiger partial charge in [0.2, 0.25) is 5.95 Å². The maximum Gasteiger partial charge on any atom is 0.227 e. The molecule has 0 aliphatic carbocycles. The van der Waals surface area contributed by atoms with Crippen molar-refractivity contribution in [2.24, 2.45) is 0 Å². The van der Waals surface area contributed by atoms with E-state index in [0.29, 0.717) is 11.6 Å². The standard InChI is InChI=1S/C16H11FN4S/c17-11-3-1-4-12(7-11)20-16-19-8-10-9-22-15-13(14(10)21-16)5-2-6-18-15/h1-8H,9H2,(H,19,20,21). The molecule has 4 nitrogen and oxygen atoms in total. The lowest BCUT2D eigenvalue weighted by atomic mass is 10.1. The van der Waals surface area contributed by atoms with Gasteiger partial charge in [-0.1, -0.05) is 6.07 Å². The van der Waals surface area contributed by atoms with Crippen molar-refractivity contribution in [3.63, 3.8) is 0 Å². The van der Waals surface area contributed by atoms with Crippen molar-refractivity contribution in [1.82, 2.24) is 15.0 Å². The number of pyridine rings is 1. The maximum atomic E-state index is 13.2. The Morgan fingerprint density at radius 1 is 1.14 bits per heavy atom. The fourth-order valence-corrected chi connectivity index (χ4v) is 3.29. The summed E-state index contributed by atoms with van der Waals surface area (Å²) in [5.74, 6) is 0.958. The van der Waals surface area contributed by atoms with Crippen LogP contribution in [0.1, 0.15) is 5.56 Å². The molecule has 6 heteroatoms. The third-order valence-corrected chi connectivity index (χ3v) is 4.39. The van der Waals surface area contributed by atoms with Gasteiger partial charge in [-0.2, -0.15) is 0 Å². The molecule has 3 heterocycles. The molecule has 2 aromatic heterocycles. The van der Waals surface area contributed by atoms with Crippen LogP contribution >= 0.6 is 11.8 Å². The Labute approximate surface area is 130 Å². The molecule has 1 N–H and O–H groups in total.